The van der Waals surface area contributed by atoms with Crippen LogP contribution >= 0.6 is 0 Å². The highest BCUT2D eigenvalue weighted by Gasteiger charge is 2.52. The number of hydrogen-bond acceptors (Lipinski definition) is 3. The summed E-state index contributed by atoms with van der Waals surface area (Å²) in [6.45, 7) is 4.64. The lowest BCUT2D eigenvalue weighted by Crippen LogP contribution is -2.50. The number of nitrogens with zero attached hydrogens (tertiary/aromatic N) is 2. The van der Waals surface area contributed by atoms with Crippen LogP contribution in [0.1, 0.15) is 65.6 Å². The molecule has 3 aliphatic rings. The highest BCUT2D eigenvalue weighted by Crippen LogP contribution is 2.48. The van der Waals surface area contributed by atoms with Gasteiger partial charge in [0.05, 0.1) is 12.0 Å². The smallest absolute Gasteiger partial charge is 0.228 e. The third-order valence-electron chi connectivity index (χ3n) is 8.87. The molecule has 1 spiro atoms. The maximum atomic E-state index is 14.5. The first-order valence-corrected chi connectivity index (χ1v) is 13.2. The summed E-state index contributed by atoms with van der Waals surface area (Å²) in [7, 11) is 0. The number of pyridine rings is 1. The molecule has 2 aliphatic heterocycles. The first-order valence-electron chi connectivity index (χ1n) is 13.2. The van der Waals surface area contributed by atoms with Crippen LogP contribution in [0.2, 0.25) is 0 Å². The van der Waals surface area contributed by atoms with Crippen LogP contribution in [0.4, 0.5) is 0 Å². The minimum Gasteiger partial charge on any atom is -0.335 e. The number of aryl methyl sites for hydroxylation is 2. The lowest BCUT2D eigenvalue weighted by molar-refractivity contribution is -0.141. The highest BCUT2D eigenvalue weighted by molar-refractivity contribution is 5.82. The molecule has 2 fully saturated rings. The van der Waals surface area contributed by atoms with Crippen molar-refractivity contribution in [2.24, 2.45) is 5.92 Å². The standard InChI is InChI=1S/C31H35N3O/c1-22-14-17-33-27-13-8-16-31(29(22)27)21-32-20-26(31)30(35)34-18-15-25(23-9-4-2-5-10-23)19-28(34)24-11-6-3-7-12-24/h2-7,9-12,14,17,25-26,28,32H,8,13,15-16,18-21H2,1H3/t25-,26?,28+,31-/m1/s1. The van der Waals surface area contributed by atoms with Gasteiger partial charge in [0.15, 0.2) is 0 Å². The van der Waals surface area contributed by atoms with Gasteiger partial charge in [-0.3, -0.25) is 9.78 Å². The van der Waals surface area contributed by atoms with Crippen molar-refractivity contribution >= 4 is 5.91 Å². The number of carbonyl (C=O) groups is 1. The van der Waals surface area contributed by atoms with E-state index in [1.807, 2.05) is 6.20 Å². The summed E-state index contributed by atoms with van der Waals surface area (Å²) in [5.74, 6) is 0.762. The van der Waals surface area contributed by atoms with Crippen molar-refractivity contribution in [3.63, 3.8) is 0 Å². The van der Waals surface area contributed by atoms with E-state index in [9.17, 15) is 4.79 Å². The molecule has 0 bridgehead atoms. The topological polar surface area (TPSA) is 45.2 Å². The molecule has 1 N–H and O–H groups in total. The van der Waals surface area contributed by atoms with Crippen LogP contribution in [-0.4, -0.2) is 35.4 Å². The lowest BCUT2D eigenvalue weighted by atomic mass is 9.63. The molecule has 0 radical (unpaired) electrons. The first kappa shape index (κ1) is 22.5. The van der Waals surface area contributed by atoms with E-state index in [0.29, 0.717) is 11.8 Å². The molecule has 1 aliphatic carbocycles. The fraction of sp³-hybridized carbons (Fsp3) is 0.419. The van der Waals surface area contributed by atoms with Gasteiger partial charge in [0, 0.05) is 36.9 Å². The van der Waals surface area contributed by atoms with Crippen molar-refractivity contribution < 1.29 is 4.79 Å². The number of hydrogen-bond donors (Lipinski definition) is 1. The summed E-state index contributed by atoms with van der Waals surface area (Å²) in [6.07, 6.45) is 7.12. The van der Waals surface area contributed by atoms with Crippen LogP contribution < -0.4 is 5.32 Å². The Bertz CT molecular complexity index is 1190. The van der Waals surface area contributed by atoms with Gasteiger partial charge in [-0.2, -0.15) is 0 Å². The highest BCUT2D eigenvalue weighted by atomic mass is 16.2. The van der Waals surface area contributed by atoms with E-state index < -0.39 is 0 Å². The predicted octanol–water partition coefficient (Wildman–Crippen LogP) is 5.33. The Balaban J connectivity index is 1.35. The van der Waals surface area contributed by atoms with Gasteiger partial charge in [-0.05, 0) is 73.3 Å². The maximum absolute atomic E-state index is 14.5. The summed E-state index contributed by atoms with van der Waals surface area (Å²) in [6, 6.07) is 23.8. The van der Waals surface area contributed by atoms with E-state index in [2.05, 4.69) is 83.9 Å². The van der Waals surface area contributed by atoms with Gasteiger partial charge in [0.25, 0.3) is 0 Å². The molecular formula is C31H35N3O. The van der Waals surface area contributed by atoms with E-state index in [1.165, 1.54) is 27.9 Å². The molecule has 3 heterocycles. The Morgan fingerprint density at radius 2 is 1.77 bits per heavy atom. The van der Waals surface area contributed by atoms with Crippen molar-refractivity contribution in [2.75, 3.05) is 19.6 Å². The molecule has 1 aromatic heterocycles. The quantitative estimate of drug-likeness (QED) is 0.569. The average Bonchev–Trinajstić information content (AvgIpc) is 3.32. The zero-order valence-electron chi connectivity index (χ0n) is 20.6. The number of fused-ring (bicyclic) bond motifs is 2. The van der Waals surface area contributed by atoms with E-state index in [0.717, 1.165) is 51.7 Å². The van der Waals surface area contributed by atoms with Crippen LogP contribution in [0.5, 0.6) is 0 Å². The summed E-state index contributed by atoms with van der Waals surface area (Å²) in [5.41, 5.74) is 6.36. The Hall–Kier alpha value is -2.98. The van der Waals surface area contributed by atoms with Crippen LogP contribution in [-0.2, 0) is 16.6 Å². The molecule has 2 saturated heterocycles. The fourth-order valence-corrected chi connectivity index (χ4v) is 7.24. The summed E-state index contributed by atoms with van der Waals surface area (Å²) in [4.78, 5) is 21.5. The summed E-state index contributed by atoms with van der Waals surface area (Å²) < 4.78 is 0. The zero-order chi connectivity index (χ0) is 23.8. The van der Waals surface area contributed by atoms with Crippen molar-refractivity contribution in [1.29, 1.82) is 0 Å². The molecular weight excluding hydrogens is 430 g/mol. The maximum Gasteiger partial charge on any atom is 0.228 e. The second kappa shape index (κ2) is 9.23. The Kier molecular flexibility index (Phi) is 5.93. The number of carbonyl (C=O) groups excluding carboxylic acids is 1. The van der Waals surface area contributed by atoms with Crippen molar-refractivity contribution in [2.45, 2.75) is 56.4 Å². The molecule has 35 heavy (non-hydrogen) atoms. The number of rotatable bonds is 3. The summed E-state index contributed by atoms with van der Waals surface area (Å²) >= 11 is 0. The molecule has 6 rings (SSSR count). The normalized spacial score (nSPS) is 28.1. The number of nitrogens with one attached hydrogen (secondary N) is 1. The van der Waals surface area contributed by atoms with Gasteiger partial charge in [0.1, 0.15) is 0 Å². The Morgan fingerprint density at radius 1 is 1.03 bits per heavy atom. The third-order valence-corrected chi connectivity index (χ3v) is 8.87. The van der Waals surface area contributed by atoms with Crippen LogP contribution in [0, 0.1) is 12.8 Å². The van der Waals surface area contributed by atoms with Crippen molar-refractivity contribution in [1.82, 2.24) is 15.2 Å². The summed E-state index contributed by atoms with van der Waals surface area (Å²) in [5, 5.41) is 3.63. The van der Waals surface area contributed by atoms with E-state index in [1.54, 1.807) is 0 Å². The molecule has 1 unspecified atom stereocenters. The lowest BCUT2D eigenvalue weighted by Gasteiger charge is -2.45. The number of benzene rings is 2. The Morgan fingerprint density at radius 3 is 2.54 bits per heavy atom. The minimum atomic E-state index is -0.138. The van der Waals surface area contributed by atoms with Crippen molar-refractivity contribution in [3.8, 4) is 0 Å². The zero-order valence-corrected chi connectivity index (χ0v) is 20.6. The molecule has 4 atom stereocenters. The predicted molar refractivity (Wildman–Crippen MR) is 139 cm³/mol. The van der Waals surface area contributed by atoms with E-state index in [4.69, 9.17) is 4.98 Å². The molecule has 0 saturated carbocycles. The number of likely N-dealkylation sites (tertiary alicyclic amines) is 1. The van der Waals surface area contributed by atoms with Gasteiger partial charge >= 0.3 is 0 Å². The minimum absolute atomic E-state index is 0.0380. The van der Waals surface area contributed by atoms with E-state index in [-0.39, 0.29) is 17.4 Å². The average molecular weight is 466 g/mol. The molecule has 2 aromatic carbocycles. The van der Waals surface area contributed by atoms with Gasteiger partial charge in [0.2, 0.25) is 5.91 Å². The first-order chi connectivity index (χ1) is 17.2. The molecule has 1 amide bonds. The van der Waals surface area contributed by atoms with E-state index >= 15 is 0 Å². The number of aromatic nitrogens is 1. The van der Waals surface area contributed by atoms with Gasteiger partial charge in [-0.15, -0.1) is 0 Å². The third kappa shape index (κ3) is 3.88. The SMILES string of the molecule is Cc1ccnc2c1[C@]1(CCC2)CNCC1C(=O)N1CC[C@@H](c2ccccc2)C[C@H]1c1ccccc1. The number of piperidine rings is 1. The van der Waals surface area contributed by atoms with Gasteiger partial charge in [-0.1, -0.05) is 60.7 Å². The molecule has 3 aromatic rings. The van der Waals surface area contributed by atoms with Crippen molar-refractivity contribution in [3.05, 3.63) is 101 Å². The molecule has 4 nitrogen and oxygen atoms in total. The second-order valence-corrected chi connectivity index (χ2v) is 10.7. The fourth-order valence-electron chi connectivity index (χ4n) is 7.24. The molecule has 180 valence electrons. The van der Waals surface area contributed by atoms with Gasteiger partial charge < -0.3 is 10.2 Å². The van der Waals surface area contributed by atoms with Crippen LogP contribution in [0.3, 0.4) is 0 Å². The second-order valence-electron chi connectivity index (χ2n) is 10.7. The number of amides is 1. The van der Waals surface area contributed by atoms with Gasteiger partial charge in [-0.25, -0.2) is 0 Å². The van der Waals surface area contributed by atoms with Crippen LogP contribution in [0.25, 0.3) is 0 Å². The monoisotopic (exact) mass is 465 g/mol. The Labute approximate surface area is 208 Å². The van der Waals surface area contributed by atoms with Crippen LogP contribution in [0.15, 0.2) is 72.9 Å². The largest absolute Gasteiger partial charge is 0.335 e. The molecule has 4 heteroatoms.